The summed E-state index contributed by atoms with van der Waals surface area (Å²) in [5.41, 5.74) is 3.06. The van der Waals surface area contributed by atoms with Crippen LogP contribution in [-0.2, 0) is 10.0 Å². The first-order valence-corrected chi connectivity index (χ1v) is 10.2. The molecule has 2 aliphatic heterocycles. The number of hydrogen-bond donors (Lipinski definition) is 2. The molecule has 0 spiro atoms. The second kappa shape index (κ2) is 5.89. The lowest BCUT2D eigenvalue weighted by atomic mass is 9.99. The maximum absolute atomic E-state index is 12.0. The van der Waals surface area contributed by atoms with Crippen molar-refractivity contribution in [2.75, 3.05) is 11.6 Å². The molecule has 2 saturated heterocycles. The predicted octanol–water partition coefficient (Wildman–Crippen LogP) is 2.44. The molecule has 24 heavy (non-hydrogen) atoms. The number of piperidine rings is 1. The van der Waals surface area contributed by atoms with Crippen molar-refractivity contribution in [2.24, 2.45) is 0 Å². The zero-order chi connectivity index (χ0) is 16.7. The molecule has 4 rings (SSSR count). The number of H-pyrrole nitrogens is 1. The van der Waals surface area contributed by atoms with Gasteiger partial charge in [-0.2, -0.15) is 9.40 Å². The molecule has 2 aliphatic rings. The van der Waals surface area contributed by atoms with Crippen LogP contribution in [0, 0.1) is 0 Å². The molecule has 2 fully saturated rings. The molecule has 0 amide bonds. The molecular formula is C17H22N4O2S. The Morgan fingerprint density at radius 1 is 1.17 bits per heavy atom. The molecule has 7 heteroatoms. The van der Waals surface area contributed by atoms with Gasteiger partial charge in [-0.3, -0.25) is 5.10 Å². The molecular weight excluding hydrogens is 324 g/mol. The van der Waals surface area contributed by atoms with Crippen LogP contribution >= 0.6 is 0 Å². The summed E-state index contributed by atoms with van der Waals surface area (Å²) in [6.07, 6.45) is 6.77. The molecule has 128 valence electrons. The molecule has 0 saturated carbocycles. The Balaban J connectivity index is 1.52. The predicted molar refractivity (Wildman–Crippen MR) is 94.2 cm³/mol. The van der Waals surface area contributed by atoms with Crippen molar-refractivity contribution in [1.82, 2.24) is 14.5 Å². The highest BCUT2D eigenvalue weighted by Crippen LogP contribution is 2.39. The van der Waals surface area contributed by atoms with Crippen molar-refractivity contribution in [3.8, 4) is 11.3 Å². The smallest absolute Gasteiger partial charge is 0.211 e. The van der Waals surface area contributed by atoms with Crippen LogP contribution < -0.4 is 5.32 Å². The topological polar surface area (TPSA) is 78.1 Å². The Morgan fingerprint density at radius 3 is 2.46 bits per heavy atom. The molecule has 6 nitrogen and oxygen atoms in total. The van der Waals surface area contributed by atoms with Gasteiger partial charge in [0.25, 0.3) is 0 Å². The van der Waals surface area contributed by atoms with Crippen LogP contribution in [-0.4, -0.2) is 47.3 Å². The Labute approximate surface area is 142 Å². The molecule has 2 unspecified atom stereocenters. The number of anilines is 1. The number of nitrogens with one attached hydrogen (secondary N) is 2. The van der Waals surface area contributed by atoms with E-state index in [9.17, 15) is 8.42 Å². The lowest BCUT2D eigenvalue weighted by Gasteiger charge is -2.37. The highest BCUT2D eigenvalue weighted by Gasteiger charge is 2.45. The zero-order valence-electron chi connectivity index (χ0n) is 13.6. The third-order valence-corrected chi connectivity index (χ3v) is 6.47. The largest absolute Gasteiger partial charge is 0.379 e. The Morgan fingerprint density at radius 2 is 1.83 bits per heavy atom. The van der Waals surface area contributed by atoms with E-state index in [2.05, 4.69) is 27.6 Å². The Hall–Kier alpha value is -1.86. The van der Waals surface area contributed by atoms with Crippen LogP contribution in [0.25, 0.3) is 11.3 Å². The molecule has 2 atom stereocenters. The molecule has 1 aromatic heterocycles. The second-order valence-corrected chi connectivity index (χ2v) is 8.70. The van der Waals surface area contributed by atoms with Crippen LogP contribution in [0.4, 0.5) is 5.69 Å². The van der Waals surface area contributed by atoms with Crippen molar-refractivity contribution < 1.29 is 8.42 Å². The number of rotatable bonds is 4. The average Bonchev–Trinajstić information content (AvgIpc) is 3.11. The summed E-state index contributed by atoms with van der Waals surface area (Å²) in [5, 5.41) is 10.8. The summed E-state index contributed by atoms with van der Waals surface area (Å²) in [7, 11) is -3.11. The first-order valence-electron chi connectivity index (χ1n) is 8.36. The maximum Gasteiger partial charge on any atom is 0.211 e. The highest BCUT2D eigenvalue weighted by molar-refractivity contribution is 7.88. The summed E-state index contributed by atoms with van der Waals surface area (Å²) in [6.45, 7) is 0. The summed E-state index contributed by atoms with van der Waals surface area (Å²) >= 11 is 0. The number of nitrogens with zero attached hydrogens (tertiary/aromatic N) is 2. The Kier molecular flexibility index (Phi) is 3.85. The van der Waals surface area contributed by atoms with Crippen molar-refractivity contribution in [2.45, 2.75) is 43.8 Å². The molecule has 2 N–H and O–H groups in total. The number of hydrogen-bond acceptors (Lipinski definition) is 4. The number of aromatic amines is 1. The van der Waals surface area contributed by atoms with E-state index in [1.54, 1.807) is 4.31 Å². The van der Waals surface area contributed by atoms with E-state index in [1.807, 2.05) is 24.4 Å². The van der Waals surface area contributed by atoms with E-state index in [-0.39, 0.29) is 18.1 Å². The second-order valence-electron chi connectivity index (χ2n) is 6.82. The fraction of sp³-hybridized carbons (Fsp3) is 0.471. The van der Waals surface area contributed by atoms with Gasteiger partial charge in [0, 0.05) is 23.7 Å². The molecule has 2 aromatic rings. The molecule has 1 aromatic carbocycles. The number of aromatic nitrogens is 2. The first-order chi connectivity index (χ1) is 11.5. The van der Waals surface area contributed by atoms with E-state index < -0.39 is 10.0 Å². The van der Waals surface area contributed by atoms with Crippen LogP contribution in [0.3, 0.4) is 0 Å². The van der Waals surface area contributed by atoms with Gasteiger partial charge in [-0.25, -0.2) is 8.42 Å². The van der Waals surface area contributed by atoms with Gasteiger partial charge in [-0.15, -0.1) is 0 Å². The van der Waals surface area contributed by atoms with Gasteiger partial charge in [-0.05, 0) is 25.7 Å². The minimum Gasteiger partial charge on any atom is -0.379 e. The molecule has 0 radical (unpaired) electrons. The average molecular weight is 346 g/mol. The van der Waals surface area contributed by atoms with Crippen molar-refractivity contribution in [3.63, 3.8) is 0 Å². The van der Waals surface area contributed by atoms with Gasteiger partial charge in [-0.1, -0.05) is 30.3 Å². The van der Waals surface area contributed by atoms with E-state index in [0.29, 0.717) is 0 Å². The first kappa shape index (κ1) is 15.7. The van der Waals surface area contributed by atoms with E-state index in [1.165, 1.54) is 6.26 Å². The fourth-order valence-electron chi connectivity index (χ4n) is 4.23. The quantitative estimate of drug-likeness (QED) is 0.891. The zero-order valence-corrected chi connectivity index (χ0v) is 14.5. The molecule has 0 aliphatic carbocycles. The minimum atomic E-state index is -3.11. The van der Waals surface area contributed by atoms with Crippen LogP contribution in [0.5, 0.6) is 0 Å². The van der Waals surface area contributed by atoms with E-state index in [0.717, 1.165) is 42.6 Å². The Bertz CT molecular complexity index is 804. The lowest BCUT2D eigenvalue weighted by Crippen LogP contribution is -2.49. The summed E-state index contributed by atoms with van der Waals surface area (Å²) < 4.78 is 25.7. The molecule has 3 heterocycles. The van der Waals surface area contributed by atoms with Crippen LogP contribution in [0.1, 0.15) is 25.7 Å². The third-order valence-electron chi connectivity index (χ3n) is 5.11. The van der Waals surface area contributed by atoms with Crippen molar-refractivity contribution in [1.29, 1.82) is 0 Å². The number of fused-ring (bicyclic) bond motifs is 2. The van der Waals surface area contributed by atoms with Crippen molar-refractivity contribution >= 4 is 15.7 Å². The number of sulfonamides is 1. The summed E-state index contributed by atoms with van der Waals surface area (Å²) in [5.74, 6) is 0. The SMILES string of the molecule is CS(=O)(=O)N1C2CCC1CC(Nc1cn[nH]c1-c1ccccc1)C2. The monoisotopic (exact) mass is 346 g/mol. The van der Waals surface area contributed by atoms with Gasteiger partial charge in [0.05, 0.1) is 23.8 Å². The van der Waals surface area contributed by atoms with Gasteiger partial charge in [0.15, 0.2) is 0 Å². The maximum atomic E-state index is 12.0. The fourth-order valence-corrected chi connectivity index (χ4v) is 5.70. The standard InChI is InChI=1S/C17H22N4O2S/c1-24(22,23)21-14-7-8-15(21)10-13(9-14)19-16-11-18-20-17(16)12-5-3-2-4-6-12/h2-6,11,13-15,19H,7-10H2,1H3,(H,18,20). The van der Waals surface area contributed by atoms with Crippen molar-refractivity contribution in [3.05, 3.63) is 36.5 Å². The third kappa shape index (κ3) is 2.82. The highest BCUT2D eigenvalue weighted by atomic mass is 32.2. The van der Waals surface area contributed by atoms with E-state index >= 15 is 0 Å². The van der Waals surface area contributed by atoms with E-state index in [4.69, 9.17) is 0 Å². The number of benzene rings is 1. The summed E-state index contributed by atoms with van der Waals surface area (Å²) in [4.78, 5) is 0. The van der Waals surface area contributed by atoms with Gasteiger partial charge < -0.3 is 5.32 Å². The van der Waals surface area contributed by atoms with Gasteiger partial charge in [0.2, 0.25) is 10.0 Å². The van der Waals surface area contributed by atoms with Gasteiger partial charge in [0.1, 0.15) is 0 Å². The summed E-state index contributed by atoms with van der Waals surface area (Å²) in [6, 6.07) is 10.6. The minimum absolute atomic E-state index is 0.128. The van der Waals surface area contributed by atoms with Crippen LogP contribution in [0.2, 0.25) is 0 Å². The molecule has 2 bridgehead atoms. The van der Waals surface area contributed by atoms with Gasteiger partial charge >= 0.3 is 0 Å². The van der Waals surface area contributed by atoms with Crippen LogP contribution in [0.15, 0.2) is 36.5 Å². The normalized spacial score (nSPS) is 27.3. The lowest BCUT2D eigenvalue weighted by molar-refractivity contribution is 0.236.